The van der Waals surface area contributed by atoms with E-state index in [-0.39, 0.29) is 45.6 Å². The molecule has 2 aromatic carbocycles. The van der Waals surface area contributed by atoms with Crippen LogP contribution in [-0.2, 0) is 21.7 Å². The molecule has 2 aromatic rings. The summed E-state index contributed by atoms with van der Waals surface area (Å²) in [6, 6.07) is 9.14. The van der Waals surface area contributed by atoms with Crippen molar-refractivity contribution in [3.63, 3.8) is 0 Å². The highest BCUT2D eigenvalue weighted by molar-refractivity contribution is 8.18. The van der Waals surface area contributed by atoms with Crippen molar-refractivity contribution in [1.82, 2.24) is 4.90 Å². The molecular weight excluding hydrogens is 611 g/mol. The lowest BCUT2D eigenvalue weighted by atomic mass is 9.79. The van der Waals surface area contributed by atoms with Crippen molar-refractivity contribution in [2.75, 3.05) is 39.5 Å². The Morgan fingerprint density at radius 1 is 0.652 bits per heavy atom. The van der Waals surface area contributed by atoms with E-state index in [0.717, 1.165) is 62.2 Å². The van der Waals surface area contributed by atoms with Crippen LogP contribution in [0, 0.1) is 0 Å². The Labute approximate surface area is 289 Å². The van der Waals surface area contributed by atoms with Crippen LogP contribution in [0.3, 0.4) is 0 Å². The monoisotopic (exact) mass is 673 g/mol. The number of aromatic hydroxyl groups is 1. The Hall–Kier alpha value is -1.38. The molecular formula is C39H63NO4S2. The summed E-state index contributed by atoms with van der Waals surface area (Å²) in [5.74, 6) is 1.33. The zero-order valence-corrected chi connectivity index (χ0v) is 32.5. The van der Waals surface area contributed by atoms with E-state index in [1.165, 1.54) is 20.9 Å². The molecule has 260 valence electrons. The second kappa shape index (κ2) is 15.0. The van der Waals surface area contributed by atoms with E-state index in [0.29, 0.717) is 5.75 Å². The van der Waals surface area contributed by atoms with Crippen LogP contribution in [0.4, 0.5) is 0 Å². The smallest absolute Gasteiger partial charge is 0.126 e. The minimum Gasteiger partial charge on any atom is -0.507 e. The number of nitrogens with zero attached hydrogens (tertiary/aromatic N) is 1. The topological polar surface area (TPSA) is 73.2 Å². The molecule has 1 saturated heterocycles. The molecule has 5 nitrogen and oxygen atoms in total. The molecule has 3 rings (SSSR count). The van der Waals surface area contributed by atoms with E-state index in [9.17, 15) is 15.3 Å². The average molecular weight is 674 g/mol. The molecule has 0 radical (unpaired) electrons. The standard InChI is InChI=1S/C39H63NO4S2/c1-35(2,3)29-23-27(24-30(33(29)43)36(4,5)6)45-39(15-18-40(19-16-39)17-13-14-20-41)46-28-25-31(37(7,8)9)34(44-22-21-42)32(26-28)38(10,11)12/h23-26,41-43H,13-22H2,1-12H3. The van der Waals surface area contributed by atoms with E-state index >= 15 is 0 Å². The van der Waals surface area contributed by atoms with Crippen molar-refractivity contribution in [2.24, 2.45) is 0 Å². The van der Waals surface area contributed by atoms with Gasteiger partial charge in [0.25, 0.3) is 0 Å². The Morgan fingerprint density at radius 3 is 1.43 bits per heavy atom. The van der Waals surface area contributed by atoms with Gasteiger partial charge < -0.3 is 25.0 Å². The van der Waals surface area contributed by atoms with Gasteiger partial charge in [0.2, 0.25) is 0 Å². The van der Waals surface area contributed by atoms with Crippen molar-refractivity contribution < 1.29 is 20.1 Å². The highest BCUT2D eigenvalue weighted by Crippen LogP contribution is 2.55. The van der Waals surface area contributed by atoms with Crippen LogP contribution in [0.25, 0.3) is 0 Å². The number of rotatable bonds is 11. The number of thioether (sulfide) groups is 2. The van der Waals surface area contributed by atoms with Crippen molar-refractivity contribution >= 4 is 23.5 Å². The molecule has 3 N–H and O–H groups in total. The maximum atomic E-state index is 11.5. The molecule has 0 atom stereocenters. The Kier molecular flexibility index (Phi) is 12.8. The van der Waals surface area contributed by atoms with Crippen LogP contribution in [0.15, 0.2) is 34.1 Å². The molecule has 1 aliphatic rings. The number of piperidine rings is 1. The van der Waals surface area contributed by atoms with Gasteiger partial charge in [0, 0.05) is 51.7 Å². The van der Waals surface area contributed by atoms with Gasteiger partial charge in [-0.2, -0.15) is 0 Å². The summed E-state index contributed by atoms with van der Waals surface area (Å²) in [6.45, 7) is 30.1. The summed E-state index contributed by atoms with van der Waals surface area (Å²) in [5, 5.41) is 30.5. The zero-order chi connectivity index (χ0) is 34.7. The van der Waals surface area contributed by atoms with Crippen molar-refractivity contribution in [2.45, 2.75) is 144 Å². The number of aliphatic hydroxyl groups excluding tert-OH is 2. The lowest BCUT2D eigenvalue weighted by molar-refractivity contribution is 0.196. The van der Waals surface area contributed by atoms with Gasteiger partial charge in [0.15, 0.2) is 0 Å². The Morgan fingerprint density at radius 2 is 1.07 bits per heavy atom. The third-order valence-corrected chi connectivity index (χ3v) is 11.8. The predicted octanol–water partition coefficient (Wildman–Crippen LogP) is 9.40. The first-order chi connectivity index (χ1) is 21.1. The molecule has 0 aromatic heterocycles. The number of phenolic OH excluding ortho intramolecular Hbond substituents is 1. The summed E-state index contributed by atoms with van der Waals surface area (Å²) in [5.41, 5.74) is 3.68. The number of aliphatic hydroxyl groups is 2. The number of likely N-dealkylation sites (tertiary alicyclic amines) is 1. The number of unbranched alkanes of at least 4 members (excludes halogenated alkanes) is 1. The number of phenols is 1. The summed E-state index contributed by atoms with van der Waals surface area (Å²) >= 11 is 3.96. The summed E-state index contributed by atoms with van der Waals surface area (Å²) in [4.78, 5) is 5.02. The fraction of sp³-hybridized carbons (Fsp3) is 0.692. The minimum atomic E-state index is -0.190. The number of ether oxygens (including phenoxy) is 1. The first-order valence-corrected chi connectivity index (χ1v) is 18.8. The fourth-order valence-electron chi connectivity index (χ4n) is 6.11. The highest BCUT2D eigenvalue weighted by Gasteiger charge is 2.39. The number of hydrogen-bond donors (Lipinski definition) is 3. The molecule has 0 saturated carbocycles. The normalized spacial score (nSPS) is 16.6. The molecule has 7 heteroatoms. The molecule has 1 heterocycles. The maximum absolute atomic E-state index is 11.5. The SMILES string of the molecule is CC(C)(C)c1cc(SC2(Sc3cc(C(C)(C)C)c(OCCO)c(C(C)(C)C)c3)CCN(CCCCO)CC2)cc(C(C)(C)C)c1O. The van der Waals surface area contributed by atoms with Crippen molar-refractivity contribution in [3.05, 3.63) is 46.5 Å². The van der Waals surface area contributed by atoms with Crippen LogP contribution < -0.4 is 4.74 Å². The molecule has 0 amide bonds. The Balaban J connectivity index is 2.17. The van der Waals surface area contributed by atoms with Gasteiger partial charge in [-0.25, -0.2) is 0 Å². The number of hydrogen-bond acceptors (Lipinski definition) is 7. The Bertz CT molecular complexity index is 1230. The van der Waals surface area contributed by atoms with Crippen LogP contribution in [0.5, 0.6) is 11.5 Å². The lowest BCUT2D eigenvalue weighted by Gasteiger charge is -2.42. The summed E-state index contributed by atoms with van der Waals surface area (Å²) in [6.07, 6.45) is 3.91. The molecule has 0 spiro atoms. The third kappa shape index (κ3) is 10.1. The van der Waals surface area contributed by atoms with Gasteiger partial charge >= 0.3 is 0 Å². The lowest BCUT2D eigenvalue weighted by Crippen LogP contribution is -2.41. The molecule has 1 aliphatic heterocycles. The largest absolute Gasteiger partial charge is 0.507 e. The second-order valence-corrected chi connectivity index (χ2v) is 20.3. The molecule has 46 heavy (non-hydrogen) atoms. The van der Waals surface area contributed by atoms with Crippen LogP contribution >= 0.6 is 23.5 Å². The van der Waals surface area contributed by atoms with Gasteiger partial charge in [-0.3, -0.25) is 0 Å². The average Bonchev–Trinajstić information content (AvgIpc) is 2.92. The van der Waals surface area contributed by atoms with E-state index in [1.807, 2.05) is 23.5 Å². The van der Waals surface area contributed by atoms with Crippen LogP contribution in [-0.4, -0.2) is 63.8 Å². The first-order valence-electron chi connectivity index (χ1n) is 17.1. The van der Waals surface area contributed by atoms with Crippen molar-refractivity contribution in [1.29, 1.82) is 0 Å². The molecule has 0 unspecified atom stereocenters. The van der Waals surface area contributed by atoms with E-state index < -0.39 is 0 Å². The van der Waals surface area contributed by atoms with Gasteiger partial charge in [0.05, 0.1) is 10.7 Å². The van der Waals surface area contributed by atoms with Crippen molar-refractivity contribution in [3.8, 4) is 11.5 Å². The van der Waals surface area contributed by atoms with E-state index in [4.69, 9.17) is 4.74 Å². The zero-order valence-electron chi connectivity index (χ0n) is 30.9. The van der Waals surface area contributed by atoms with E-state index in [2.05, 4.69) is 112 Å². The second-order valence-electron chi connectivity index (χ2n) is 17.2. The minimum absolute atomic E-state index is 0.0159. The third-order valence-electron chi connectivity index (χ3n) is 8.82. The van der Waals surface area contributed by atoms with Gasteiger partial charge in [-0.05, 0) is 78.2 Å². The predicted molar refractivity (Wildman–Crippen MR) is 198 cm³/mol. The summed E-state index contributed by atoms with van der Waals surface area (Å²) < 4.78 is 6.18. The molecule has 0 bridgehead atoms. The number of benzene rings is 2. The maximum Gasteiger partial charge on any atom is 0.126 e. The molecule has 1 fully saturated rings. The van der Waals surface area contributed by atoms with Crippen LogP contribution in [0.1, 0.15) is 131 Å². The van der Waals surface area contributed by atoms with Gasteiger partial charge in [0.1, 0.15) is 18.1 Å². The first kappa shape index (κ1) is 39.1. The quantitative estimate of drug-likeness (QED) is 0.162. The molecule has 0 aliphatic carbocycles. The summed E-state index contributed by atoms with van der Waals surface area (Å²) in [7, 11) is 0. The highest BCUT2D eigenvalue weighted by atomic mass is 32.2. The van der Waals surface area contributed by atoms with Crippen LogP contribution in [0.2, 0.25) is 0 Å². The van der Waals surface area contributed by atoms with E-state index in [1.54, 1.807) is 0 Å². The fourth-order valence-corrected chi connectivity index (χ4v) is 9.19. The van der Waals surface area contributed by atoms with Gasteiger partial charge in [-0.15, -0.1) is 23.5 Å². The van der Waals surface area contributed by atoms with Gasteiger partial charge in [-0.1, -0.05) is 83.1 Å².